The monoisotopic (exact) mass is 530 g/mol. The molecule has 0 saturated carbocycles. The van der Waals surface area contributed by atoms with Crippen molar-refractivity contribution in [2.24, 2.45) is 0 Å². The molecule has 0 aliphatic carbocycles. The van der Waals surface area contributed by atoms with Crippen LogP contribution in [0.1, 0.15) is 23.2 Å². The quantitative estimate of drug-likeness (QED) is 0.308. The minimum Gasteiger partial charge on any atom is -0.284 e. The van der Waals surface area contributed by atoms with Gasteiger partial charge < -0.3 is 0 Å². The molecule has 4 aromatic rings. The Morgan fingerprint density at radius 1 is 0.618 bits per heavy atom. The summed E-state index contributed by atoms with van der Waals surface area (Å²) in [6.45, 7) is 0. The Bertz CT molecular complexity index is 1520. The van der Waals surface area contributed by atoms with Gasteiger partial charge >= 0.3 is 0 Å². The highest BCUT2D eigenvalue weighted by atomic mass is 35.5. The largest absolute Gasteiger partial charge is 0.284 e. The van der Waals surface area contributed by atoms with Gasteiger partial charge in [0.05, 0.1) is 17.0 Å². The van der Waals surface area contributed by atoms with Crippen molar-refractivity contribution in [3.8, 4) is 0 Å². The molecule has 0 N–H and O–H groups in total. The number of rotatable bonds is 4. The third-order valence-corrected chi connectivity index (χ3v) is 8.37. The summed E-state index contributed by atoms with van der Waals surface area (Å²) in [6.07, 6.45) is 0. The Morgan fingerprint density at radius 2 is 1.09 bits per heavy atom. The highest BCUT2D eigenvalue weighted by Crippen LogP contribution is 2.49. The fourth-order valence-corrected chi connectivity index (χ4v) is 6.34. The lowest BCUT2D eigenvalue weighted by atomic mass is 9.94. The van der Waals surface area contributed by atoms with Gasteiger partial charge in [0.1, 0.15) is 5.82 Å². The summed E-state index contributed by atoms with van der Waals surface area (Å²) >= 11 is 18.2. The van der Waals surface area contributed by atoms with Gasteiger partial charge in [-0.3, -0.25) is 9.36 Å². The Hall–Kier alpha value is -2.77. The van der Waals surface area contributed by atoms with Crippen molar-refractivity contribution in [3.05, 3.63) is 128 Å². The lowest BCUT2D eigenvalue weighted by Crippen LogP contribution is -2.33. The number of hydrogen-bond donors (Lipinski definition) is 0. The number of nitrogens with zero attached hydrogens (tertiary/aromatic N) is 2. The van der Waals surface area contributed by atoms with Crippen LogP contribution < -0.4 is 9.86 Å². The van der Waals surface area contributed by atoms with E-state index in [9.17, 15) is 13.2 Å². The summed E-state index contributed by atoms with van der Waals surface area (Å²) in [5, 5.41) is 1.48. The van der Waals surface area contributed by atoms with Crippen molar-refractivity contribution in [1.82, 2.24) is 4.57 Å². The van der Waals surface area contributed by atoms with E-state index in [0.717, 1.165) is 5.56 Å². The molecule has 0 radical (unpaired) electrons. The van der Waals surface area contributed by atoms with E-state index in [1.165, 1.54) is 39.2 Å². The number of halogens is 3. The number of aromatic nitrogens is 1. The van der Waals surface area contributed by atoms with Gasteiger partial charge in [0.15, 0.2) is 0 Å². The second-order valence-corrected chi connectivity index (χ2v) is 11.0. The summed E-state index contributed by atoms with van der Waals surface area (Å²) in [7, 11) is -4.09. The van der Waals surface area contributed by atoms with Crippen molar-refractivity contribution in [3.63, 3.8) is 0 Å². The number of benzene rings is 3. The van der Waals surface area contributed by atoms with E-state index in [1.807, 2.05) is 0 Å². The van der Waals surface area contributed by atoms with Crippen LogP contribution in [-0.4, -0.2) is 13.0 Å². The Morgan fingerprint density at radius 3 is 1.62 bits per heavy atom. The van der Waals surface area contributed by atoms with Crippen LogP contribution in [-0.2, 0) is 10.0 Å². The van der Waals surface area contributed by atoms with Gasteiger partial charge in [0.2, 0.25) is 0 Å². The van der Waals surface area contributed by atoms with E-state index >= 15 is 0 Å². The Labute approximate surface area is 211 Å². The molecular formula is C25H17Cl3N2O3S. The SMILES string of the molecule is O=c1cccc2n1C(c1ccc(Cl)cc1)C(c1ccc(Cl)cc1)N2S(=O)(=O)c1ccc(Cl)cc1. The van der Waals surface area contributed by atoms with E-state index in [-0.39, 0.29) is 16.3 Å². The first-order chi connectivity index (χ1) is 16.3. The predicted molar refractivity (Wildman–Crippen MR) is 136 cm³/mol. The van der Waals surface area contributed by atoms with Gasteiger partial charge in [-0.25, -0.2) is 12.7 Å². The number of pyridine rings is 1. The predicted octanol–water partition coefficient (Wildman–Crippen LogP) is 6.35. The van der Waals surface area contributed by atoms with Gasteiger partial charge in [-0.2, -0.15) is 0 Å². The molecule has 0 spiro atoms. The summed E-state index contributed by atoms with van der Waals surface area (Å²) in [5.41, 5.74) is 1.11. The van der Waals surface area contributed by atoms with Crippen molar-refractivity contribution in [2.75, 3.05) is 4.31 Å². The maximum atomic E-state index is 14.0. The molecular weight excluding hydrogens is 515 g/mol. The normalized spacial score (nSPS) is 17.6. The molecule has 3 aromatic carbocycles. The number of anilines is 1. The fourth-order valence-electron chi connectivity index (χ4n) is 4.32. The van der Waals surface area contributed by atoms with Crippen LogP contribution in [0.5, 0.6) is 0 Å². The van der Waals surface area contributed by atoms with Gasteiger partial charge in [-0.05, 0) is 65.7 Å². The summed E-state index contributed by atoms with van der Waals surface area (Å²) in [4.78, 5) is 13.2. The van der Waals surface area contributed by atoms with Crippen molar-refractivity contribution >= 4 is 50.6 Å². The average Bonchev–Trinajstić information content (AvgIpc) is 3.18. The zero-order valence-electron chi connectivity index (χ0n) is 17.5. The number of fused-ring (bicyclic) bond motifs is 1. The summed E-state index contributed by atoms with van der Waals surface area (Å²) in [5.74, 6) is 0.266. The van der Waals surface area contributed by atoms with Gasteiger partial charge in [0.25, 0.3) is 15.6 Å². The second-order valence-electron chi connectivity index (χ2n) is 7.84. The molecule has 0 fully saturated rings. The first-order valence-corrected chi connectivity index (χ1v) is 12.9. The summed E-state index contributed by atoms with van der Waals surface area (Å²) in [6, 6.07) is 23.2. The molecule has 2 unspecified atom stereocenters. The lowest BCUT2D eigenvalue weighted by molar-refractivity contribution is 0.529. The van der Waals surface area contributed by atoms with Crippen LogP contribution >= 0.6 is 34.8 Å². The average molecular weight is 532 g/mol. The molecule has 0 saturated heterocycles. The smallest absolute Gasteiger partial charge is 0.266 e. The van der Waals surface area contributed by atoms with Crippen molar-refractivity contribution in [2.45, 2.75) is 17.0 Å². The molecule has 0 amide bonds. The topological polar surface area (TPSA) is 59.4 Å². The minimum atomic E-state index is -4.09. The molecule has 5 rings (SSSR count). The minimum absolute atomic E-state index is 0.0653. The van der Waals surface area contributed by atoms with Gasteiger partial charge in [-0.1, -0.05) is 65.1 Å². The fraction of sp³-hybridized carbons (Fsp3) is 0.0800. The molecule has 2 atom stereocenters. The van der Waals surface area contributed by atoms with E-state index in [1.54, 1.807) is 60.7 Å². The van der Waals surface area contributed by atoms with Crippen molar-refractivity contribution in [1.29, 1.82) is 0 Å². The molecule has 1 aliphatic rings. The Kier molecular flexibility index (Phi) is 5.94. The van der Waals surface area contributed by atoms with E-state index in [0.29, 0.717) is 20.6 Å². The number of sulfonamides is 1. The molecule has 1 aromatic heterocycles. The molecule has 1 aliphatic heterocycles. The van der Waals surface area contributed by atoms with Crippen LogP contribution in [0.15, 0.2) is 101 Å². The highest BCUT2D eigenvalue weighted by Gasteiger charge is 2.46. The standard InChI is InChI=1S/C25H17Cl3N2O3S/c26-18-8-4-16(5-9-18)24-25(17-6-10-19(27)11-7-17)30(22-2-1-3-23(31)29(22)24)34(32,33)21-14-12-20(28)13-15-21/h1-15,24-25H. The highest BCUT2D eigenvalue weighted by molar-refractivity contribution is 7.92. The van der Waals surface area contributed by atoms with Crippen LogP contribution in [0.3, 0.4) is 0 Å². The lowest BCUT2D eigenvalue weighted by Gasteiger charge is -2.29. The maximum Gasteiger partial charge on any atom is 0.266 e. The maximum absolute atomic E-state index is 14.0. The zero-order valence-corrected chi connectivity index (χ0v) is 20.6. The molecule has 0 bridgehead atoms. The molecule has 9 heteroatoms. The molecule has 5 nitrogen and oxygen atoms in total. The van der Waals surface area contributed by atoms with Crippen LogP contribution in [0.25, 0.3) is 0 Å². The van der Waals surface area contributed by atoms with E-state index < -0.39 is 22.1 Å². The van der Waals surface area contributed by atoms with E-state index in [4.69, 9.17) is 34.8 Å². The van der Waals surface area contributed by atoms with Crippen LogP contribution in [0.4, 0.5) is 5.82 Å². The zero-order chi connectivity index (χ0) is 24.0. The molecule has 34 heavy (non-hydrogen) atoms. The molecule has 172 valence electrons. The molecule has 2 heterocycles. The van der Waals surface area contributed by atoms with Crippen LogP contribution in [0.2, 0.25) is 15.1 Å². The Balaban J connectivity index is 1.81. The van der Waals surface area contributed by atoms with Crippen LogP contribution in [0, 0.1) is 0 Å². The second kappa shape index (κ2) is 8.78. The van der Waals surface area contributed by atoms with Crippen molar-refractivity contribution < 1.29 is 8.42 Å². The first kappa shape index (κ1) is 23.0. The van der Waals surface area contributed by atoms with Gasteiger partial charge in [0, 0.05) is 21.1 Å². The van der Waals surface area contributed by atoms with E-state index in [2.05, 4.69) is 0 Å². The first-order valence-electron chi connectivity index (χ1n) is 10.3. The summed E-state index contributed by atoms with van der Waals surface area (Å²) < 4.78 is 30.9. The number of hydrogen-bond acceptors (Lipinski definition) is 3. The third-order valence-electron chi connectivity index (χ3n) is 5.82. The third kappa shape index (κ3) is 3.91. The van der Waals surface area contributed by atoms with Gasteiger partial charge in [-0.15, -0.1) is 0 Å².